The monoisotopic (exact) mass is 415 g/mol. The number of nitrogens with one attached hydrogen (secondary N) is 1. The van der Waals surface area contributed by atoms with E-state index >= 15 is 0 Å². The summed E-state index contributed by atoms with van der Waals surface area (Å²) in [4.78, 5) is 12.2. The zero-order valence-electron chi connectivity index (χ0n) is 10.9. The molecular weight excluding hydrogens is 406 g/mol. The molecule has 0 unspecified atom stereocenters. The van der Waals surface area contributed by atoms with E-state index in [0.717, 1.165) is 0 Å². The smallest absolute Gasteiger partial charge is 0.263 e. The molecule has 5 nitrogen and oxygen atoms in total. The summed E-state index contributed by atoms with van der Waals surface area (Å²) < 4.78 is 5.62. The summed E-state index contributed by atoms with van der Waals surface area (Å²) >= 11 is 6.23. The first-order chi connectivity index (χ1) is 9.93. The quantitative estimate of drug-likeness (QED) is 0.709. The van der Waals surface area contributed by atoms with Gasteiger partial charge in [-0.1, -0.05) is 0 Å². The number of benzene rings is 2. The molecule has 1 amide bonds. The topological polar surface area (TPSA) is 78.8 Å². The molecule has 2 aromatic rings. The van der Waals surface area contributed by atoms with Crippen LogP contribution in [0.4, 0.5) is 5.69 Å². The van der Waals surface area contributed by atoms with Crippen LogP contribution >= 0.6 is 31.9 Å². The van der Waals surface area contributed by atoms with E-state index in [1.807, 2.05) is 0 Å². The van der Waals surface area contributed by atoms with Gasteiger partial charge in [-0.15, -0.1) is 0 Å². The Morgan fingerprint density at radius 1 is 1.10 bits per heavy atom. The molecule has 0 aromatic heterocycles. The van der Waals surface area contributed by atoms with Gasteiger partial charge in [-0.25, -0.2) is 0 Å². The number of carbonyl (C=O) groups is 1. The van der Waals surface area contributed by atoms with Crippen LogP contribution in [0.5, 0.6) is 17.2 Å². The van der Waals surface area contributed by atoms with E-state index in [0.29, 0.717) is 20.4 Å². The molecule has 0 spiro atoms. The Labute approximate surface area is 137 Å². The van der Waals surface area contributed by atoms with E-state index < -0.39 is 5.91 Å². The van der Waals surface area contributed by atoms with Gasteiger partial charge in [-0.2, -0.15) is 0 Å². The van der Waals surface area contributed by atoms with Crippen molar-refractivity contribution in [1.82, 2.24) is 0 Å². The average molecular weight is 417 g/mol. The van der Waals surface area contributed by atoms with Crippen molar-refractivity contribution in [3.63, 3.8) is 0 Å². The molecule has 2 rings (SSSR count). The molecule has 0 saturated heterocycles. The number of amides is 1. The number of phenols is 2. The second-order valence-electron chi connectivity index (χ2n) is 4.10. The largest absolute Gasteiger partial charge is 0.506 e. The minimum Gasteiger partial charge on any atom is -0.506 e. The molecule has 0 bridgehead atoms. The molecule has 0 saturated carbocycles. The van der Waals surface area contributed by atoms with Crippen LogP contribution in [-0.2, 0) is 0 Å². The van der Waals surface area contributed by atoms with Gasteiger partial charge >= 0.3 is 0 Å². The summed E-state index contributed by atoms with van der Waals surface area (Å²) in [6.45, 7) is 0. The van der Waals surface area contributed by atoms with Crippen LogP contribution < -0.4 is 10.1 Å². The summed E-state index contributed by atoms with van der Waals surface area (Å²) in [7, 11) is 1.54. The van der Waals surface area contributed by atoms with Crippen LogP contribution in [0, 0.1) is 0 Å². The van der Waals surface area contributed by atoms with Gasteiger partial charge < -0.3 is 20.3 Å². The molecule has 0 radical (unpaired) electrons. The third kappa shape index (κ3) is 3.30. The molecule has 21 heavy (non-hydrogen) atoms. The van der Waals surface area contributed by atoms with E-state index in [9.17, 15) is 15.0 Å². The van der Waals surface area contributed by atoms with Gasteiger partial charge in [0.1, 0.15) is 22.8 Å². The van der Waals surface area contributed by atoms with E-state index in [2.05, 4.69) is 37.2 Å². The highest BCUT2D eigenvalue weighted by Crippen LogP contribution is 2.40. The number of aromatic hydroxyl groups is 2. The third-order valence-corrected chi connectivity index (χ3v) is 3.96. The van der Waals surface area contributed by atoms with Gasteiger partial charge in [0, 0.05) is 5.69 Å². The minimum absolute atomic E-state index is 0.216. The normalized spacial score (nSPS) is 10.2. The number of hydrogen-bond donors (Lipinski definition) is 3. The van der Waals surface area contributed by atoms with Crippen LogP contribution in [0.2, 0.25) is 0 Å². The van der Waals surface area contributed by atoms with Crippen molar-refractivity contribution in [3.05, 3.63) is 44.8 Å². The Morgan fingerprint density at radius 3 is 2.10 bits per heavy atom. The first-order valence-electron chi connectivity index (χ1n) is 5.79. The predicted molar refractivity (Wildman–Crippen MR) is 86.1 cm³/mol. The number of halogens is 2. The zero-order valence-corrected chi connectivity index (χ0v) is 14.0. The number of anilines is 1. The van der Waals surface area contributed by atoms with Crippen LogP contribution in [0.15, 0.2) is 39.3 Å². The highest BCUT2D eigenvalue weighted by Gasteiger charge is 2.21. The van der Waals surface area contributed by atoms with Gasteiger partial charge in [-0.05, 0) is 62.2 Å². The summed E-state index contributed by atoms with van der Waals surface area (Å²) in [5.74, 6) is -0.635. The van der Waals surface area contributed by atoms with Gasteiger partial charge in [0.2, 0.25) is 0 Å². The van der Waals surface area contributed by atoms with Gasteiger partial charge in [0.15, 0.2) is 0 Å². The standard InChI is InChI=1S/C14H11Br2NO4/c1-21-8-4-2-7(3-5-8)17-14(20)11-12(18)9(15)6-10(16)13(11)19/h2-6,18-19H,1H3,(H,17,20). The summed E-state index contributed by atoms with van der Waals surface area (Å²) in [5, 5.41) is 22.4. The lowest BCUT2D eigenvalue weighted by atomic mass is 10.1. The Balaban J connectivity index is 2.32. The van der Waals surface area contributed by atoms with Crippen LogP contribution in [0.3, 0.4) is 0 Å². The molecule has 0 fully saturated rings. The summed E-state index contributed by atoms with van der Waals surface area (Å²) in [6.07, 6.45) is 0. The summed E-state index contributed by atoms with van der Waals surface area (Å²) in [6, 6.07) is 8.13. The Morgan fingerprint density at radius 2 is 1.62 bits per heavy atom. The fourth-order valence-electron chi connectivity index (χ4n) is 1.68. The molecule has 0 atom stereocenters. The molecular formula is C14H11Br2NO4. The van der Waals surface area contributed by atoms with Gasteiger partial charge in [0.25, 0.3) is 5.91 Å². The molecule has 0 aliphatic heterocycles. The summed E-state index contributed by atoms with van der Waals surface area (Å²) in [5.41, 5.74) is 0.294. The Kier molecular flexibility index (Phi) is 4.74. The van der Waals surface area contributed by atoms with Crippen LogP contribution in [0.25, 0.3) is 0 Å². The van der Waals surface area contributed by atoms with Crippen LogP contribution in [-0.4, -0.2) is 23.2 Å². The van der Waals surface area contributed by atoms with Crippen LogP contribution in [0.1, 0.15) is 10.4 Å². The molecule has 0 heterocycles. The van der Waals surface area contributed by atoms with E-state index in [1.54, 1.807) is 31.4 Å². The third-order valence-electron chi connectivity index (χ3n) is 2.75. The predicted octanol–water partition coefficient (Wildman–Crippen LogP) is 3.88. The highest BCUT2D eigenvalue weighted by molar-refractivity contribution is 9.11. The zero-order chi connectivity index (χ0) is 15.6. The number of phenolic OH excluding ortho intramolecular Hbond substituents is 2. The van der Waals surface area contributed by atoms with Gasteiger partial charge in [-0.3, -0.25) is 4.79 Å². The number of hydrogen-bond acceptors (Lipinski definition) is 4. The molecule has 0 aliphatic rings. The van der Waals surface area contributed by atoms with Gasteiger partial charge in [0.05, 0.1) is 16.1 Å². The average Bonchev–Trinajstić information content (AvgIpc) is 2.46. The van der Waals surface area contributed by atoms with Crippen molar-refractivity contribution < 1.29 is 19.7 Å². The molecule has 2 aromatic carbocycles. The number of carbonyl (C=O) groups excluding carboxylic acids is 1. The fourth-order valence-corrected chi connectivity index (χ4v) is 2.84. The second kappa shape index (κ2) is 6.36. The Hall–Kier alpha value is -1.73. The van der Waals surface area contributed by atoms with Crippen molar-refractivity contribution in [2.75, 3.05) is 12.4 Å². The number of ether oxygens (including phenoxy) is 1. The lowest BCUT2D eigenvalue weighted by Crippen LogP contribution is -2.12. The Bertz CT molecular complexity index is 660. The molecule has 0 aliphatic carbocycles. The maximum absolute atomic E-state index is 12.2. The maximum Gasteiger partial charge on any atom is 0.263 e. The molecule has 110 valence electrons. The van der Waals surface area contributed by atoms with E-state index in [1.165, 1.54) is 6.07 Å². The van der Waals surface area contributed by atoms with Crippen molar-refractivity contribution in [2.24, 2.45) is 0 Å². The van der Waals surface area contributed by atoms with Crippen molar-refractivity contribution >= 4 is 43.5 Å². The van der Waals surface area contributed by atoms with Crippen molar-refractivity contribution in [3.8, 4) is 17.2 Å². The first-order valence-corrected chi connectivity index (χ1v) is 7.38. The minimum atomic E-state index is -0.628. The number of rotatable bonds is 3. The van der Waals surface area contributed by atoms with Crippen molar-refractivity contribution in [1.29, 1.82) is 0 Å². The number of methoxy groups -OCH3 is 1. The maximum atomic E-state index is 12.2. The SMILES string of the molecule is COc1ccc(NC(=O)c2c(O)c(Br)cc(Br)c2O)cc1. The van der Waals surface area contributed by atoms with E-state index in [-0.39, 0.29) is 17.1 Å². The highest BCUT2D eigenvalue weighted by atomic mass is 79.9. The molecule has 7 heteroatoms. The first kappa shape index (κ1) is 15.7. The molecule has 3 N–H and O–H groups in total. The fraction of sp³-hybridized carbons (Fsp3) is 0.0714. The lowest BCUT2D eigenvalue weighted by Gasteiger charge is -2.11. The second-order valence-corrected chi connectivity index (χ2v) is 5.80. The lowest BCUT2D eigenvalue weighted by molar-refractivity contribution is 0.102. The van der Waals surface area contributed by atoms with E-state index in [4.69, 9.17) is 4.74 Å². The van der Waals surface area contributed by atoms with Crippen molar-refractivity contribution in [2.45, 2.75) is 0 Å².